The van der Waals surface area contributed by atoms with Gasteiger partial charge in [0.25, 0.3) is 0 Å². The first-order chi connectivity index (χ1) is 9.66. The number of rotatable bonds is 2. The van der Waals surface area contributed by atoms with Crippen LogP contribution in [0.1, 0.15) is 25.3 Å². The smallest absolute Gasteiger partial charge is 0.201 e. The average molecular weight is 279 g/mol. The molecule has 1 aliphatic carbocycles. The Morgan fingerprint density at radius 1 is 1.25 bits per heavy atom. The van der Waals surface area contributed by atoms with Crippen molar-refractivity contribution in [3.8, 4) is 0 Å². The summed E-state index contributed by atoms with van der Waals surface area (Å²) in [6, 6.07) is 2.49. The number of ether oxygens (including phenoxy) is 1. The summed E-state index contributed by atoms with van der Waals surface area (Å²) in [7, 11) is 0. The molecule has 2 unspecified atom stereocenters. The highest BCUT2D eigenvalue weighted by Crippen LogP contribution is 2.45. The predicted molar refractivity (Wildman–Crippen MR) is 70.2 cm³/mol. The van der Waals surface area contributed by atoms with Crippen LogP contribution in [0.3, 0.4) is 0 Å². The minimum atomic E-state index is -0.881. The van der Waals surface area contributed by atoms with Crippen molar-refractivity contribution >= 4 is 17.0 Å². The zero-order valence-electron chi connectivity index (χ0n) is 10.9. The number of benzene rings is 1. The van der Waals surface area contributed by atoms with Gasteiger partial charge in [-0.15, -0.1) is 0 Å². The molecule has 1 saturated carbocycles. The Morgan fingerprint density at radius 3 is 2.80 bits per heavy atom. The van der Waals surface area contributed by atoms with E-state index < -0.39 is 11.6 Å². The van der Waals surface area contributed by atoms with Crippen molar-refractivity contribution in [2.24, 2.45) is 5.92 Å². The maximum absolute atomic E-state index is 14.1. The summed E-state index contributed by atoms with van der Waals surface area (Å²) >= 11 is 0. The molecule has 6 heteroatoms. The normalized spacial score (nSPS) is 26.5. The third kappa shape index (κ3) is 1.64. The number of halogens is 2. The fourth-order valence-electron chi connectivity index (χ4n) is 3.23. The molecule has 2 heterocycles. The lowest BCUT2D eigenvalue weighted by Gasteiger charge is -2.21. The summed E-state index contributed by atoms with van der Waals surface area (Å²) in [5.74, 6) is -1.02. The van der Waals surface area contributed by atoms with Gasteiger partial charge < -0.3 is 15.0 Å². The van der Waals surface area contributed by atoms with Crippen LogP contribution in [0.4, 0.5) is 14.7 Å². The van der Waals surface area contributed by atoms with Crippen LogP contribution in [-0.4, -0.2) is 22.3 Å². The van der Waals surface area contributed by atoms with E-state index in [1.165, 1.54) is 6.07 Å². The summed E-state index contributed by atoms with van der Waals surface area (Å²) in [5, 5.41) is 0. The number of nitrogen functional groups attached to an aromatic ring is 1. The Morgan fingerprint density at radius 2 is 2.05 bits per heavy atom. The molecule has 1 aromatic carbocycles. The van der Waals surface area contributed by atoms with Gasteiger partial charge in [0.2, 0.25) is 5.95 Å². The number of nitrogens with zero attached hydrogens (tertiary/aromatic N) is 2. The van der Waals surface area contributed by atoms with Gasteiger partial charge in [0, 0.05) is 6.61 Å². The summed E-state index contributed by atoms with van der Waals surface area (Å²) in [6.45, 7) is 0.627. The quantitative estimate of drug-likeness (QED) is 0.919. The topological polar surface area (TPSA) is 53.1 Å². The highest BCUT2D eigenvalue weighted by molar-refractivity contribution is 5.79. The zero-order chi connectivity index (χ0) is 13.9. The van der Waals surface area contributed by atoms with Gasteiger partial charge in [0.15, 0.2) is 11.6 Å². The Kier molecular flexibility index (Phi) is 2.51. The third-order valence-corrected chi connectivity index (χ3v) is 4.29. The number of imidazole rings is 1. The molecule has 0 radical (unpaired) electrons. The van der Waals surface area contributed by atoms with Crippen LogP contribution in [0, 0.1) is 17.6 Å². The molecule has 1 aromatic heterocycles. The second-order valence-corrected chi connectivity index (χ2v) is 5.60. The van der Waals surface area contributed by atoms with Crippen molar-refractivity contribution in [2.45, 2.75) is 31.4 Å². The molecule has 0 amide bonds. The molecule has 106 valence electrons. The lowest BCUT2D eigenvalue weighted by Crippen LogP contribution is -2.23. The molecular weight excluding hydrogens is 264 g/mol. The van der Waals surface area contributed by atoms with Gasteiger partial charge >= 0.3 is 0 Å². The van der Waals surface area contributed by atoms with Crippen LogP contribution in [0.2, 0.25) is 0 Å². The van der Waals surface area contributed by atoms with E-state index in [9.17, 15) is 8.78 Å². The van der Waals surface area contributed by atoms with Gasteiger partial charge in [0.1, 0.15) is 5.52 Å². The van der Waals surface area contributed by atoms with Gasteiger partial charge in [0.05, 0.1) is 17.7 Å². The van der Waals surface area contributed by atoms with Gasteiger partial charge in [-0.25, -0.2) is 13.8 Å². The van der Waals surface area contributed by atoms with Crippen LogP contribution >= 0.6 is 0 Å². The molecule has 4 nitrogen and oxygen atoms in total. The van der Waals surface area contributed by atoms with Gasteiger partial charge in [-0.2, -0.15) is 0 Å². The minimum absolute atomic E-state index is 0.0392. The molecule has 2 aliphatic rings. The third-order valence-electron chi connectivity index (χ3n) is 4.29. The molecule has 20 heavy (non-hydrogen) atoms. The molecule has 1 aliphatic heterocycles. The minimum Gasteiger partial charge on any atom is -0.376 e. The zero-order valence-corrected chi connectivity index (χ0v) is 10.9. The van der Waals surface area contributed by atoms with Crippen LogP contribution in [0.15, 0.2) is 12.1 Å². The van der Waals surface area contributed by atoms with Crippen LogP contribution in [-0.2, 0) is 4.74 Å². The van der Waals surface area contributed by atoms with E-state index in [1.807, 2.05) is 0 Å². The number of nitrogens with two attached hydrogens (primary N) is 1. The molecule has 0 bridgehead atoms. The first kappa shape index (κ1) is 12.1. The average Bonchev–Trinajstić information content (AvgIpc) is 3.06. The fraction of sp³-hybridized carbons (Fsp3) is 0.500. The van der Waals surface area contributed by atoms with E-state index in [2.05, 4.69) is 4.98 Å². The van der Waals surface area contributed by atoms with Crippen LogP contribution < -0.4 is 5.73 Å². The number of aromatic nitrogens is 2. The molecular formula is C14H15F2N3O. The van der Waals surface area contributed by atoms with Gasteiger partial charge in [-0.1, -0.05) is 0 Å². The predicted octanol–water partition coefficient (Wildman–Crippen LogP) is 2.64. The fourth-order valence-corrected chi connectivity index (χ4v) is 3.23. The van der Waals surface area contributed by atoms with E-state index in [0.29, 0.717) is 18.0 Å². The van der Waals surface area contributed by atoms with E-state index in [4.69, 9.17) is 10.5 Å². The number of hydrogen-bond donors (Lipinski definition) is 1. The number of fused-ring (bicyclic) bond motifs is 1. The summed E-state index contributed by atoms with van der Waals surface area (Å²) in [5.41, 5.74) is 6.49. The van der Waals surface area contributed by atoms with Gasteiger partial charge in [-0.3, -0.25) is 0 Å². The standard InChI is InChI=1S/C14H15F2N3O/c15-8-3-4-9-12(11(8)16)19(14(17)18-9)10-5-6-20-13(10)7-1-2-7/h3-4,7,10,13H,1-2,5-6H2,(H2,17,18). The summed E-state index contributed by atoms with van der Waals surface area (Å²) in [6.07, 6.45) is 3.05. The lowest BCUT2D eigenvalue weighted by molar-refractivity contribution is 0.0761. The van der Waals surface area contributed by atoms with Crippen molar-refractivity contribution in [2.75, 3.05) is 12.3 Å². The van der Waals surface area contributed by atoms with E-state index in [0.717, 1.165) is 25.3 Å². The molecule has 2 N–H and O–H groups in total. The Labute approximate surface area is 114 Å². The van der Waals surface area contributed by atoms with Crippen molar-refractivity contribution < 1.29 is 13.5 Å². The van der Waals surface area contributed by atoms with Crippen molar-refractivity contribution in [3.63, 3.8) is 0 Å². The second-order valence-electron chi connectivity index (χ2n) is 5.60. The van der Waals surface area contributed by atoms with Crippen molar-refractivity contribution in [3.05, 3.63) is 23.8 Å². The Hall–Kier alpha value is -1.69. The van der Waals surface area contributed by atoms with Gasteiger partial charge in [-0.05, 0) is 37.3 Å². The first-order valence-corrected chi connectivity index (χ1v) is 6.90. The van der Waals surface area contributed by atoms with E-state index in [1.54, 1.807) is 4.57 Å². The Bertz CT molecular complexity index is 681. The molecule has 2 fully saturated rings. The second kappa shape index (κ2) is 4.15. The lowest BCUT2D eigenvalue weighted by atomic mass is 10.1. The van der Waals surface area contributed by atoms with Crippen LogP contribution in [0.5, 0.6) is 0 Å². The highest BCUT2D eigenvalue weighted by Gasteiger charge is 2.42. The van der Waals surface area contributed by atoms with Crippen molar-refractivity contribution in [1.82, 2.24) is 9.55 Å². The maximum atomic E-state index is 14.1. The first-order valence-electron chi connectivity index (χ1n) is 6.90. The summed E-state index contributed by atoms with van der Waals surface area (Å²) in [4.78, 5) is 4.15. The van der Waals surface area contributed by atoms with Crippen LogP contribution in [0.25, 0.3) is 11.0 Å². The summed E-state index contributed by atoms with van der Waals surface area (Å²) < 4.78 is 35.0. The van der Waals surface area contributed by atoms with E-state index in [-0.39, 0.29) is 23.6 Å². The largest absolute Gasteiger partial charge is 0.376 e. The monoisotopic (exact) mass is 279 g/mol. The highest BCUT2D eigenvalue weighted by atomic mass is 19.2. The molecule has 2 atom stereocenters. The molecule has 0 spiro atoms. The maximum Gasteiger partial charge on any atom is 0.201 e. The number of anilines is 1. The van der Waals surface area contributed by atoms with E-state index >= 15 is 0 Å². The van der Waals surface area contributed by atoms with Crippen molar-refractivity contribution in [1.29, 1.82) is 0 Å². The number of hydrogen-bond acceptors (Lipinski definition) is 3. The molecule has 1 saturated heterocycles. The molecule has 2 aromatic rings. The SMILES string of the molecule is Nc1nc2ccc(F)c(F)c2n1C1CCOC1C1CC1. The Balaban J connectivity index is 1.90. The molecule has 4 rings (SSSR count).